The van der Waals surface area contributed by atoms with E-state index in [1.807, 2.05) is 6.07 Å². The number of piperidine rings is 1. The fraction of sp³-hybridized carbons (Fsp3) is 0.429. The predicted molar refractivity (Wildman–Crippen MR) is 115 cm³/mol. The number of aromatic amines is 1. The number of benzene rings is 1. The lowest BCUT2D eigenvalue weighted by Gasteiger charge is -2.36. The first kappa shape index (κ1) is 20.5. The zero-order chi connectivity index (χ0) is 22.4. The molecular formula is C21H25N7O4. The molecule has 0 spiro atoms. The van der Waals surface area contributed by atoms with Gasteiger partial charge in [0.2, 0.25) is 0 Å². The first-order valence-electron chi connectivity index (χ1n) is 10.7. The third-order valence-electron chi connectivity index (χ3n) is 6.47. The van der Waals surface area contributed by atoms with E-state index in [1.165, 1.54) is 5.01 Å². The van der Waals surface area contributed by atoms with Crippen LogP contribution in [0.2, 0.25) is 0 Å². The molecule has 32 heavy (non-hydrogen) atoms. The average Bonchev–Trinajstić information content (AvgIpc) is 3.35. The normalized spacial score (nSPS) is 19.0. The second-order valence-electron chi connectivity index (χ2n) is 8.21. The quantitative estimate of drug-likeness (QED) is 0.554. The minimum Gasteiger partial charge on any atom is -0.379 e. The molecule has 0 atom stereocenters. The van der Waals surface area contributed by atoms with Gasteiger partial charge in [-0.15, -0.1) is 0 Å². The highest BCUT2D eigenvalue weighted by Gasteiger charge is 2.39. The number of nitrogens with two attached hydrogens (primary N) is 2. The summed E-state index contributed by atoms with van der Waals surface area (Å²) >= 11 is 0. The van der Waals surface area contributed by atoms with Crippen molar-refractivity contribution >= 4 is 23.5 Å². The van der Waals surface area contributed by atoms with Crippen LogP contribution in [0.25, 0.3) is 11.3 Å². The number of carbonyl (C=O) groups excluding carboxylic acids is 3. The van der Waals surface area contributed by atoms with Crippen LogP contribution in [0.5, 0.6) is 0 Å². The number of ether oxygens (including phenoxy) is 1. The van der Waals surface area contributed by atoms with Crippen LogP contribution >= 0.6 is 0 Å². The number of carbonyl (C=O) groups is 3. The van der Waals surface area contributed by atoms with E-state index in [1.54, 1.807) is 22.0 Å². The van der Waals surface area contributed by atoms with Crippen molar-refractivity contribution in [1.29, 1.82) is 0 Å². The lowest BCUT2D eigenvalue weighted by molar-refractivity contribution is 0.0364. The molecule has 168 valence electrons. The molecule has 3 heterocycles. The van der Waals surface area contributed by atoms with E-state index in [-0.39, 0.29) is 11.7 Å². The summed E-state index contributed by atoms with van der Waals surface area (Å²) in [5.41, 5.74) is 14.6. The van der Waals surface area contributed by atoms with Gasteiger partial charge in [-0.1, -0.05) is 12.1 Å². The van der Waals surface area contributed by atoms with Gasteiger partial charge in [-0.05, 0) is 18.9 Å². The molecule has 4 amide bonds. The average molecular weight is 439 g/mol. The van der Waals surface area contributed by atoms with Crippen LogP contribution < -0.4 is 16.5 Å². The summed E-state index contributed by atoms with van der Waals surface area (Å²) in [6.45, 7) is 3.01. The van der Waals surface area contributed by atoms with Crippen molar-refractivity contribution in [3.05, 3.63) is 35.0 Å². The van der Waals surface area contributed by atoms with Crippen molar-refractivity contribution in [2.45, 2.75) is 18.8 Å². The number of primary amides is 2. The molecule has 3 aliphatic rings. The number of hydrogen-bond donors (Lipinski definition) is 3. The molecule has 2 fully saturated rings. The van der Waals surface area contributed by atoms with Crippen LogP contribution in [0.1, 0.15) is 40.4 Å². The number of morpholine rings is 1. The minimum atomic E-state index is -0.654. The molecule has 0 unspecified atom stereocenters. The second kappa shape index (κ2) is 7.92. The number of rotatable bonds is 3. The van der Waals surface area contributed by atoms with Crippen LogP contribution in [-0.4, -0.2) is 77.3 Å². The molecule has 11 heteroatoms. The van der Waals surface area contributed by atoms with Gasteiger partial charge in [-0.2, -0.15) is 5.10 Å². The highest BCUT2D eigenvalue weighted by molar-refractivity contribution is 6.25. The van der Waals surface area contributed by atoms with Gasteiger partial charge in [-0.3, -0.25) is 9.89 Å². The van der Waals surface area contributed by atoms with Gasteiger partial charge < -0.3 is 21.1 Å². The monoisotopic (exact) mass is 439 g/mol. The number of nitrogens with zero attached hydrogens (tertiary/aromatic N) is 4. The summed E-state index contributed by atoms with van der Waals surface area (Å²) < 4.78 is 5.39. The van der Waals surface area contributed by atoms with Gasteiger partial charge in [-0.25, -0.2) is 19.6 Å². The number of H-pyrrole nitrogens is 1. The molecule has 5 N–H and O–H groups in total. The van der Waals surface area contributed by atoms with Gasteiger partial charge >= 0.3 is 12.1 Å². The van der Waals surface area contributed by atoms with Crippen molar-refractivity contribution < 1.29 is 19.1 Å². The largest absolute Gasteiger partial charge is 0.379 e. The predicted octanol–water partition coefficient (Wildman–Crippen LogP) is 1.01. The van der Waals surface area contributed by atoms with Crippen molar-refractivity contribution in [2.75, 3.05) is 44.4 Å². The number of nitrogens with one attached hydrogen (secondary N) is 1. The van der Waals surface area contributed by atoms with Crippen molar-refractivity contribution in [3.8, 4) is 11.3 Å². The minimum absolute atomic E-state index is 0.0649. The summed E-state index contributed by atoms with van der Waals surface area (Å²) in [7, 11) is 0. The Labute approximate surface area is 184 Å². The first-order valence-corrected chi connectivity index (χ1v) is 10.7. The lowest BCUT2D eigenvalue weighted by Crippen LogP contribution is -2.54. The molecule has 2 saturated heterocycles. The Morgan fingerprint density at radius 3 is 2.47 bits per heavy atom. The molecular weight excluding hydrogens is 414 g/mol. The summed E-state index contributed by atoms with van der Waals surface area (Å²) in [5, 5.41) is 10.7. The number of amides is 4. The van der Waals surface area contributed by atoms with Gasteiger partial charge in [0.05, 0.1) is 35.7 Å². The van der Waals surface area contributed by atoms with Gasteiger partial charge in [0, 0.05) is 37.7 Å². The molecule has 11 nitrogen and oxygen atoms in total. The first-order chi connectivity index (χ1) is 15.5. The maximum Gasteiger partial charge on any atom is 0.334 e. The Hall–Kier alpha value is -3.44. The van der Waals surface area contributed by atoms with Gasteiger partial charge in [0.15, 0.2) is 5.78 Å². The highest BCUT2D eigenvalue weighted by atomic mass is 16.5. The SMILES string of the molecule is NC(=O)N1CCC(c2[nH]nc3c2C(=O)c2c-3cccc2N(C(N)=O)N2CCOCC2)CC1. The Morgan fingerprint density at radius 2 is 1.81 bits per heavy atom. The Morgan fingerprint density at radius 1 is 1.09 bits per heavy atom. The number of likely N-dealkylation sites (tertiary alicyclic amines) is 1. The van der Waals surface area contributed by atoms with E-state index in [2.05, 4.69) is 10.2 Å². The van der Waals surface area contributed by atoms with E-state index in [4.69, 9.17) is 16.2 Å². The molecule has 0 bridgehead atoms. The molecule has 0 radical (unpaired) electrons. The number of fused-ring (bicyclic) bond motifs is 3. The Kier molecular flexibility index (Phi) is 5.06. The highest BCUT2D eigenvalue weighted by Crippen LogP contribution is 2.44. The maximum atomic E-state index is 13.6. The maximum absolute atomic E-state index is 13.6. The van der Waals surface area contributed by atoms with E-state index in [0.717, 1.165) is 5.69 Å². The summed E-state index contributed by atoms with van der Waals surface area (Å²) in [4.78, 5) is 39.1. The summed E-state index contributed by atoms with van der Waals surface area (Å²) in [6.07, 6.45) is 1.38. The second-order valence-corrected chi connectivity index (χ2v) is 8.21. The number of hydrogen-bond acceptors (Lipinski definition) is 6. The van der Waals surface area contributed by atoms with Crippen LogP contribution in [0.4, 0.5) is 15.3 Å². The zero-order valence-electron chi connectivity index (χ0n) is 17.5. The fourth-order valence-electron chi connectivity index (χ4n) is 4.91. The molecule has 1 aromatic heterocycles. The Bertz CT molecular complexity index is 1080. The van der Waals surface area contributed by atoms with Crippen LogP contribution in [-0.2, 0) is 4.74 Å². The molecule has 2 aliphatic heterocycles. The third kappa shape index (κ3) is 3.21. The number of aromatic nitrogens is 2. The number of hydrazine groups is 1. The van der Waals surface area contributed by atoms with Crippen LogP contribution in [0.15, 0.2) is 18.2 Å². The fourth-order valence-corrected chi connectivity index (χ4v) is 4.91. The smallest absolute Gasteiger partial charge is 0.334 e. The van der Waals surface area contributed by atoms with Crippen molar-refractivity contribution in [3.63, 3.8) is 0 Å². The number of ketones is 1. The molecule has 1 aliphatic carbocycles. The van der Waals surface area contributed by atoms with Gasteiger partial charge in [0.1, 0.15) is 5.69 Å². The number of urea groups is 2. The molecule has 1 aromatic carbocycles. The lowest BCUT2D eigenvalue weighted by atomic mass is 9.90. The van der Waals surface area contributed by atoms with Crippen molar-refractivity contribution in [2.24, 2.45) is 11.5 Å². The van der Waals surface area contributed by atoms with E-state index in [9.17, 15) is 14.4 Å². The van der Waals surface area contributed by atoms with Crippen molar-refractivity contribution in [1.82, 2.24) is 20.1 Å². The molecule has 0 saturated carbocycles. The molecule has 5 rings (SSSR count). The Balaban J connectivity index is 1.50. The summed E-state index contributed by atoms with van der Waals surface area (Å²) in [6, 6.07) is 4.28. The number of anilines is 1. The van der Waals surface area contributed by atoms with E-state index >= 15 is 0 Å². The molecule has 2 aromatic rings. The topological polar surface area (TPSA) is 151 Å². The third-order valence-corrected chi connectivity index (χ3v) is 6.47. The van der Waals surface area contributed by atoms with Crippen LogP contribution in [0.3, 0.4) is 0 Å². The van der Waals surface area contributed by atoms with E-state index < -0.39 is 12.1 Å². The standard InChI is InChI=1S/C21H25N7O4/c22-20(30)26-6-4-12(5-7-26)17-16-18(25-24-17)13-2-1-3-14(15(13)19(16)29)28(21(23)31)27-8-10-32-11-9-27/h1-3,12H,4-11H2,(H2,22,30)(H2,23,31)(H,24,25). The van der Waals surface area contributed by atoms with Gasteiger partial charge in [0.25, 0.3) is 0 Å². The van der Waals surface area contributed by atoms with Crippen LogP contribution in [0, 0.1) is 0 Å². The zero-order valence-corrected chi connectivity index (χ0v) is 17.5. The summed E-state index contributed by atoms with van der Waals surface area (Å²) in [5.74, 6) is -0.110. The van der Waals surface area contributed by atoms with E-state index in [0.29, 0.717) is 80.3 Å².